The Morgan fingerprint density at radius 2 is 2.26 bits per heavy atom. The average molecular weight is 468 g/mol. The van der Waals surface area contributed by atoms with Gasteiger partial charge in [0.2, 0.25) is 0 Å². The van der Waals surface area contributed by atoms with Crippen molar-refractivity contribution < 1.29 is 29.1 Å². The van der Waals surface area contributed by atoms with Crippen LogP contribution >= 0.6 is 23.1 Å². The molecule has 3 aliphatic heterocycles. The fourth-order valence-corrected chi connectivity index (χ4v) is 5.84. The number of nitrogens with two attached hydrogens (primary N) is 1. The Hall–Kier alpha value is -2.64. The number of carboxylic acids is 1. The number of thioether (sulfide) groups is 1. The molecule has 0 saturated carbocycles. The van der Waals surface area contributed by atoms with E-state index in [2.05, 4.69) is 15.5 Å². The Kier molecular flexibility index (Phi) is 5.90. The maximum Gasteiger partial charge on any atom is 0.352 e. The summed E-state index contributed by atoms with van der Waals surface area (Å²) in [5.74, 6) is -1.77. The number of fused-ring (bicyclic) bond motifs is 1. The number of thiazole rings is 1. The lowest BCUT2D eigenvalue weighted by Crippen LogP contribution is -2.71. The number of rotatable bonds is 6. The van der Waals surface area contributed by atoms with Crippen LogP contribution in [0.5, 0.6) is 0 Å². The van der Waals surface area contributed by atoms with Gasteiger partial charge < -0.3 is 25.7 Å². The van der Waals surface area contributed by atoms with E-state index in [0.29, 0.717) is 17.9 Å². The molecule has 1 aromatic rings. The molecule has 4 N–H and O–H groups in total. The molecule has 3 aliphatic rings. The average Bonchev–Trinajstić information content (AvgIpc) is 3.36. The van der Waals surface area contributed by atoms with Crippen molar-refractivity contribution >= 4 is 51.7 Å². The molecule has 0 aromatic carbocycles. The number of ether oxygens (including phenoxy) is 1. The predicted molar refractivity (Wildman–Crippen MR) is 113 cm³/mol. The molecular formula is C18H21N5O6S2. The summed E-state index contributed by atoms with van der Waals surface area (Å²) in [6.45, 7) is 2.56. The van der Waals surface area contributed by atoms with Gasteiger partial charge in [-0.05, 0) is 17.9 Å². The summed E-state index contributed by atoms with van der Waals surface area (Å²) < 4.78 is 5.74. The van der Waals surface area contributed by atoms with Crippen LogP contribution in [0.25, 0.3) is 0 Å². The van der Waals surface area contributed by atoms with Crippen molar-refractivity contribution in [2.24, 2.45) is 11.1 Å². The molecule has 0 spiro atoms. The summed E-state index contributed by atoms with van der Waals surface area (Å²) in [5.41, 5.74) is 6.29. The summed E-state index contributed by atoms with van der Waals surface area (Å²) >= 11 is 2.53. The quantitative estimate of drug-likeness (QED) is 0.303. The number of carbonyl (C=O) groups excluding carboxylic acids is 2. The Balaban J connectivity index is 1.54. The predicted octanol–water partition coefficient (Wildman–Crippen LogP) is 0.239. The van der Waals surface area contributed by atoms with Gasteiger partial charge in [-0.1, -0.05) is 12.1 Å². The largest absolute Gasteiger partial charge is 0.477 e. The highest BCUT2D eigenvalue weighted by Crippen LogP contribution is 2.43. The molecule has 13 heteroatoms. The molecule has 166 valence electrons. The maximum absolute atomic E-state index is 12.9. The zero-order chi connectivity index (χ0) is 22.3. The number of anilines is 1. The van der Waals surface area contributed by atoms with Crippen molar-refractivity contribution in [2.75, 3.05) is 25.2 Å². The molecular weight excluding hydrogens is 446 g/mol. The lowest BCUT2D eigenvalue weighted by atomic mass is 9.94. The number of nitrogens with one attached hydrogen (secondary N) is 1. The molecule has 2 saturated heterocycles. The van der Waals surface area contributed by atoms with Crippen LogP contribution in [0, 0.1) is 5.92 Å². The smallest absolute Gasteiger partial charge is 0.352 e. The first kappa shape index (κ1) is 21.6. The second-order valence-corrected chi connectivity index (χ2v) is 9.29. The van der Waals surface area contributed by atoms with E-state index >= 15 is 0 Å². The van der Waals surface area contributed by atoms with Gasteiger partial charge in [0.15, 0.2) is 10.8 Å². The SMILES string of the molecule is CO/N=C(\C(=O)N[C@@H]1C(=O)N2C(C(=O)O)=C([C@@H]3OCC[C@@H]3C)CS[C@H]12)c1csc(N)n1. The fourth-order valence-electron chi connectivity index (χ4n) is 3.90. The summed E-state index contributed by atoms with van der Waals surface area (Å²) in [7, 11) is 1.29. The third kappa shape index (κ3) is 3.77. The van der Waals surface area contributed by atoms with Crippen molar-refractivity contribution in [3.63, 3.8) is 0 Å². The first-order valence-corrected chi connectivity index (χ1v) is 11.4. The standard InChI is InChI=1S/C18H21N5O6S2/c1-7-3-4-29-13(7)8-5-30-16-11(15(25)23(16)12(8)17(26)27)21-14(24)10(22-28-2)9-6-31-18(19)20-9/h6-7,11,13,16H,3-5H2,1-2H3,(H2,19,20)(H,21,24)(H,26,27)/b22-10-/t7-,11+,13+,16+/m0/s1. The minimum absolute atomic E-state index is 0.0453. The van der Waals surface area contributed by atoms with Crippen LogP contribution in [0.1, 0.15) is 19.0 Å². The lowest BCUT2D eigenvalue weighted by molar-refractivity contribution is -0.150. The molecule has 2 fully saturated rings. The first-order chi connectivity index (χ1) is 14.8. The Morgan fingerprint density at radius 3 is 2.84 bits per heavy atom. The molecule has 11 nitrogen and oxygen atoms in total. The Morgan fingerprint density at radius 1 is 1.48 bits per heavy atom. The van der Waals surface area contributed by atoms with Crippen LogP contribution in [-0.2, 0) is 24.0 Å². The number of carbonyl (C=O) groups is 3. The Bertz CT molecular complexity index is 992. The molecule has 1 aromatic heterocycles. The second-order valence-electron chi connectivity index (χ2n) is 7.29. The minimum Gasteiger partial charge on any atom is -0.477 e. The van der Waals surface area contributed by atoms with Crippen molar-refractivity contribution in [1.82, 2.24) is 15.2 Å². The Labute approximate surface area is 185 Å². The number of aliphatic carboxylic acids is 1. The molecule has 4 atom stereocenters. The van der Waals surface area contributed by atoms with Crippen LogP contribution in [0.2, 0.25) is 0 Å². The van der Waals surface area contributed by atoms with Crippen molar-refractivity contribution in [2.45, 2.75) is 30.9 Å². The van der Waals surface area contributed by atoms with E-state index in [-0.39, 0.29) is 34.3 Å². The van der Waals surface area contributed by atoms with Gasteiger partial charge in [0.25, 0.3) is 11.8 Å². The van der Waals surface area contributed by atoms with Gasteiger partial charge in [-0.15, -0.1) is 23.1 Å². The number of nitrogens with zero attached hydrogens (tertiary/aromatic N) is 3. The number of hydrogen-bond acceptors (Lipinski definition) is 10. The lowest BCUT2D eigenvalue weighted by Gasteiger charge is -2.50. The molecule has 31 heavy (non-hydrogen) atoms. The van der Waals surface area contributed by atoms with Gasteiger partial charge >= 0.3 is 5.97 Å². The zero-order valence-electron chi connectivity index (χ0n) is 16.7. The number of carboxylic acid groups (broad SMARTS) is 1. The van der Waals surface area contributed by atoms with E-state index in [0.717, 1.165) is 17.8 Å². The molecule has 0 unspecified atom stereocenters. The van der Waals surface area contributed by atoms with Crippen LogP contribution in [-0.4, -0.2) is 75.5 Å². The number of nitrogen functional groups attached to an aromatic ring is 1. The summed E-state index contributed by atoms with van der Waals surface area (Å²) in [5, 5.41) is 17.4. The van der Waals surface area contributed by atoms with Crippen molar-refractivity contribution in [1.29, 1.82) is 0 Å². The third-order valence-electron chi connectivity index (χ3n) is 5.38. The number of hydrogen-bond donors (Lipinski definition) is 3. The minimum atomic E-state index is -1.18. The molecule has 0 aliphatic carbocycles. The van der Waals surface area contributed by atoms with Crippen LogP contribution in [0.3, 0.4) is 0 Å². The van der Waals surface area contributed by atoms with Gasteiger partial charge in [-0.25, -0.2) is 9.78 Å². The van der Waals surface area contributed by atoms with E-state index in [1.54, 1.807) is 5.38 Å². The van der Waals surface area contributed by atoms with E-state index in [9.17, 15) is 19.5 Å². The van der Waals surface area contributed by atoms with E-state index in [4.69, 9.17) is 15.3 Å². The summed E-state index contributed by atoms with van der Waals surface area (Å²) in [6, 6.07) is -0.895. The number of β-lactam (4-membered cyclic amide) rings is 1. The number of amides is 2. The van der Waals surface area contributed by atoms with Crippen LogP contribution < -0.4 is 11.1 Å². The van der Waals surface area contributed by atoms with Crippen molar-refractivity contribution in [3.8, 4) is 0 Å². The van der Waals surface area contributed by atoms with Crippen LogP contribution in [0.4, 0.5) is 5.13 Å². The molecule has 0 bridgehead atoms. The third-order valence-corrected chi connectivity index (χ3v) is 7.36. The van der Waals surface area contributed by atoms with E-state index in [1.165, 1.54) is 23.8 Å². The fraction of sp³-hybridized carbons (Fsp3) is 0.500. The highest BCUT2D eigenvalue weighted by Gasteiger charge is 2.55. The van der Waals surface area contributed by atoms with E-state index < -0.39 is 29.2 Å². The normalized spacial score (nSPS) is 28.3. The van der Waals surface area contributed by atoms with Gasteiger partial charge in [0, 0.05) is 17.7 Å². The molecule has 0 radical (unpaired) electrons. The monoisotopic (exact) mass is 467 g/mol. The number of oxime groups is 1. The molecule has 4 heterocycles. The second kappa shape index (κ2) is 8.48. The first-order valence-electron chi connectivity index (χ1n) is 9.49. The van der Waals surface area contributed by atoms with Gasteiger partial charge in [-0.3, -0.25) is 14.5 Å². The summed E-state index contributed by atoms with van der Waals surface area (Å²) in [6.07, 6.45) is 0.515. The topological polar surface area (TPSA) is 156 Å². The zero-order valence-corrected chi connectivity index (χ0v) is 18.4. The number of aromatic nitrogens is 1. The highest BCUT2D eigenvalue weighted by molar-refractivity contribution is 8.00. The van der Waals surface area contributed by atoms with E-state index in [1.807, 2.05) is 6.92 Å². The summed E-state index contributed by atoms with van der Waals surface area (Å²) in [4.78, 5) is 47.6. The van der Waals surface area contributed by atoms with Crippen molar-refractivity contribution in [3.05, 3.63) is 22.3 Å². The molecule has 2 amide bonds. The van der Waals surface area contributed by atoms with Gasteiger partial charge in [0.05, 0.1) is 6.10 Å². The maximum atomic E-state index is 12.9. The van der Waals surface area contributed by atoms with Crippen LogP contribution in [0.15, 0.2) is 21.8 Å². The van der Waals surface area contributed by atoms with Gasteiger partial charge in [-0.2, -0.15) is 0 Å². The molecule has 4 rings (SSSR count). The highest BCUT2D eigenvalue weighted by atomic mass is 32.2. The van der Waals surface area contributed by atoms with Gasteiger partial charge in [0.1, 0.15) is 29.9 Å².